The Balaban J connectivity index is 3.29. The maximum absolute atomic E-state index is 11.7. The largest absolute Gasteiger partial charge is 0.361 e. The van der Waals surface area contributed by atoms with E-state index in [-0.39, 0.29) is 11.5 Å². The van der Waals surface area contributed by atoms with Crippen LogP contribution in [0.4, 0.5) is 0 Å². The van der Waals surface area contributed by atoms with E-state index in [0.29, 0.717) is 11.1 Å². The average molecular weight is 198 g/mol. The molecule has 0 aliphatic carbocycles. The predicted molar refractivity (Wildman–Crippen MR) is 57.6 cm³/mol. The minimum atomic E-state index is -0.309. The molecule has 0 N–H and O–H groups in total. The van der Waals surface area contributed by atoms with E-state index < -0.39 is 0 Å². The molecule has 0 aromatic heterocycles. The summed E-state index contributed by atoms with van der Waals surface area (Å²) in [6, 6.07) is 6.98. The predicted octanol–water partition coefficient (Wildman–Crippen LogP) is 1.93. The van der Waals surface area contributed by atoms with Gasteiger partial charge in [-0.2, -0.15) is 4.79 Å². The third-order valence-electron chi connectivity index (χ3n) is 1.91. The van der Waals surface area contributed by atoms with Gasteiger partial charge < -0.3 is 5.53 Å². The van der Waals surface area contributed by atoms with Gasteiger partial charge in [-0.1, -0.05) is 18.1 Å². The monoisotopic (exact) mass is 198 g/mol. The van der Waals surface area contributed by atoms with Crippen LogP contribution in [-0.4, -0.2) is 16.3 Å². The van der Waals surface area contributed by atoms with E-state index in [9.17, 15) is 4.79 Å². The van der Waals surface area contributed by atoms with Gasteiger partial charge in [0.2, 0.25) is 0 Å². The molecule has 15 heavy (non-hydrogen) atoms. The molecular weight excluding hydrogens is 188 g/mol. The number of carbonyl (C=O) groups is 1. The Labute approximate surface area is 88.4 Å². The van der Waals surface area contributed by atoms with Gasteiger partial charge in [-0.15, -0.1) is 5.92 Å². The first-order valence-electron chi connectivity index (χ1n) is 4.46. The van der Waals surface area contributed by atoms with Crippen molar-refractivity contribution in [3.05, 3.63) is 40.9 Å². The second-order valence-corrected chi connectivity index (χ2v) is 2.94. The number of benzene rings is 1. The molecule has 0 heterocycles. The van der Waals surface area contributed by atoms with E-state index in [1.807, 2.05) is 6.07 Å². The Kier molecular flexibility index (Phi) is 3.56. The zero-order chi connectivity index (χ0) is 11.3. The van der Waals surface area contributed by atoms with Crippen LogP contribution in [0.2, 0.25) is 0 Å². The Bertz CT molecular complexity index is 500. The Morgan fingerprint density at radius 1 is 1.40 bits per heavy atom. The molecule has 1 aromatic carbocycles. The highest BCUT2D eigenvalue weighted by Gasteiger charge is 2.18. The van der Waals surface area contributed by atoms with Gasteiger partial charge in [-0.3, -0.25) is 4.79 Å². The van der Waals surface area contributed by atoms with E-state index in [4.69, 9.17) is 5.53 Å². The summed E-state index contributed by atoms with van der Waals surface area (Å²) < 4.78 is 0. The number of ketones is 1. The average Bonchev–Trinajstić information content (AvgIpc) is 2.28. The summed E-state index contributed by atoms with van der Waals surface area (Å²) >= 11 is 0. The van der Waals surface area contributed by atoms with E-state index in [2.05, 4.69) is 16.6 Å². The molecule has 1 rings (SSSR count). The van der Waals surface area contributed by atoms with Crippen LogP contribution in [0, 0.1) is 11.8 Å². The Morgan fingerprint density at radius 2 is 2.07 bits per heavy atom. The summed E-state index contributed by atoms with van der Waals surface area (Å²) in [7, 11) is 0. The Hall–Kier alpha value is -2.17. The van der Waals surface area contributed by atoms with Gasteiger partial charge in [0.25, 0.3) is 5.78 Å². The number of Topliss-reactive ketones (excluding diaryl/α,β-unsaturated/α-hetero) is 1. The molecule has 0 bridgehead atoms. The maximum Gasteiger partial charge on any atom is 0.336 e. The molecule has 1 aromatic rings. The van der Waals surface area contributed by atoms with Gasteiger partial charge in [0.05, 0.1) is 0 Å². The lowest BCUT2D eigenvalue weighted by atomic mass is 10.0. The van der Waals surface area contributed by atoms with E-state index in [1.54, 1.807) is 25.1 Å². The minimum absolute atomic E-state index is 0.0559. The zero-order valence-corrected chi connectivity index (χ0v) is 8.61. The number of hydrogen-bond acceptors (Lipinski definition) is 1. The van der Waals surface area contributed by atoms with Crippen molar-refractivity contribution in [2.24, 2.45) is 0 Å². The summed E-state index contributed by atoms with van der Waals surface area (Å²) in [5.74, 6) is 5.25. The molecule has 3 nitrogen and oxygen atoms in total. The van der Waals surface area contributed by atoms with Crippen molar-refractivity contribution in [2.45, 2.75) is 13.8 Å². The zero-order valence-electron chi connectivity index (χ0n) is 8.61. The first-order valence-corrected chi connectivity index (χ1v) is 4.46. The molecule has 0 radical (unpaired) electrons. The third kappa shape index (κ3) is 2.40. The summed E-state index contributed by atoms with van der Waals surface area (Å²) in [6.07, 6.45) is 0. The number of rotatable bonds is 2. The topological polar surface area (TPSA) is 53.5 Å². The van der Waals surface area contributed by atoms with Crippen LogP contribution < -0.4 is 0 Å². The molecule has 0 aliphatic rings. The highest BCUT2D eigenvalue weighted by molar-refractivity contribution is 6.43. The highest BCUT2D eigenvalue weighted by Crippen LogP contribution is 2.08. The molecular formula is C12H10N2O. The second kappa shape index (κ2) is 4.90. The highest BCUT2D eigenvalue weighted by atomic mass is 16.1. The summed E-state index contributed by atoms with van der Waals surface area (Å²) in [6.45, 7) is 3.16. The molecule has 0 atom stereocenters. The van der Waals surface area contributed by atoms with E-state index in [1.165, 1.54) is 6.92 Å². The summed E-state index contributed by atoms with van der Waals surface area (Å²) in [5.41, 5.74) is 9.68. The Morgan fingerprint density at radius 3 is 2.67 bits per heavy atom. The van der Waals surface area contributed by atoms with Crippen LogP contribution in [-0.2, 0) is 0 Å². The molecule has 0 saturated carbocycles. The van der Waals surface area contributed by atoms with Crippen LogP contribution in [0.5, 0.6) is 0 Å². The molecule has 0 spiro atoms. The molecule has 0 fully saturated rings. The van der Waals surface area contributed by atoms with Crippen molar-refractivity contribution < 1.29 is 9.58 Å². The van der Waals surface area contributed by atoms with Gasteiger partial charge in [0, 0.05) is 18.1 Å². The lowest BCUT2D eigenvalue weighted by molar-refractivity contribution is -0.00678. The van der Waals surface area contributed by atoms with Gasteiger partial charge in [-0.05, 0) is 19.1 Å². The smallest absolute Gasteiger partial charge is 0.336 e. The van der Waals surface area contributed by atoms with Crippen LogP contribution in [0.3, 0.4) is 0 Å². The van der Waals surface area contributed by atoms with Gasteiger partial charge in [0.15, 0.2) is 0 Å². The second-order valence-electron chi connectivity index (χ2n) is 2.94. The van der Waals surface area contributed by atoms with Crippen molar-refractivity contribution in [1.82, 2.24) is 0 Å². The van der Waals surface area contributed by atoms with Crippen LogP contribution in [0.15, 0.2) is 24.3 Å². The fraction of sp³-hybridized carbons (Fsp3) is 0.167. The fourth-order valence-electron chi connectivity index (χ4n) is 1.17. The van der Waals surface area contributed by atoms with Gasteiger partial charge in [-0.25, -0.2) is 0 Å². The van der Waals surface area contributed by atoms with Gasteiger partial charge >= 0.3 is 5.71 Å². The first kappa shape index (κ1) is 10.9. The lowest BCUT2D eigenvalue weighted by Crippen LogP contribution is -2.12. The quantitative estimate of drug-likeness (QED) is 0.235. The lowest BCUT2D eigenvalue weighted by Gasteiger charge is -1.97. The summed E-state index contributed by atoms with van der Waals surface area (Å²) in [5, 5.41) is 0. The fourth-order valence-corrected chi connectivity index (χ4v) is 1.17. The van der Waals surface area contributed by atoms with Crippen molar-refractivity contribution in [2.75, 3.05) is 0 Å². The van der Waals surface area contributed by atoms with Crippen molar-refractivity contribution in [3.8, 4) is 11.8 Å². The summed E-state index contributed by atoms with van der Waals surface area (Å²) in [4.78, 5) is 14.6. The molecule has 0 unspecified atom stereocenters. The van der Waals surface area contributed by atoms with Crippen LogP contribution >= 0.6 is 0 Å². The van der Waals surface area contributed by atoms with E-state index in [0.717, 1.165) is 0 Å². The maximum atomic E-state index is 11.7. The standard InChI is InChI=1S/C12H10N2O/c1-3-6-10-7-4-5-8-11(10)12(15)9(2)14-13/h4-5,7-8H,1-2H3. The van der Waals surface area contributed by atoms with E-state index >= 15 is 0 Å². The van der Waals surface area contributed by atoms with Crippen molar-refractivity contribution >= 4 is 11.5 Å². The number of hydrogen-bond donors (Lipinski definition) is 0. The SMILES string of the molecule is CC#Cc1ccccc1C(=O)C(C)=[N+]=[N-]. The molecule has 0 amide bonds. The van der Waals surface area contributed by atoms with Gasteiger partial charge in [0.1, 0.15) is 0 Å². The normalized spacial score (nSPS) is 8.40. The number of carbonyl (C=O) groups excluding carboxylic acids is 1. The van der Waals surface area contributed by atoms with Crippen molar-refractivity contribution in [3.63, 3.8) is 0 Å². The minimum Gasteiger partial charge on any atom is -0.361 e. The molecule has 74 valence electrons. The molecule has 0 aliphatic heterocycles. The third-order valence-corrected chi connectivity index (χ3v) is 1.91. The first-order chi connectivity index (χ1) is 7.20. The van der Waals surface area contributed by atoms with Crippen LogP contribution in [0.1, 0.15) is 29.8 Å². The number of nitrogens with zero attached hydrogens (tertiary/aromatic N) is 2. The van der Waals surface area contributed by atoms with Crippen molar-refractivity contribution in [1.29, 1.82) is 0 Å². The van der Waals surface area contributed by atoms with Crippen LogP contribution in [0.25, 0.3) is 5.53 Å². The molecule has 0 saturated heterocycles. The molecule has 3 heteroatoms.